The third-order valence-electron chi connectivity index (χ3n) is 5.27. The lowest BCUT2D eigenvalue weighted by Gasteiger charge is -2.23. The van der Waals surface area contributed by atoms with E-state index < -0.39 is 0 Å². The van der Waals surface area contributed by atoms with E-state index in [2.05, 4.69) is 31.3 Å². The van der Waals surface area contributed by atoms with Crippen molar-refractivity contribution in [2.24, 2.45) is 0 Å². The lowest BCUT2D eigenvalue weighted by atomic mass is 9.97. The molecule has 1 amide bonds. The number of amides is 1. The number of carbonyl (C=O) groups excluding carboxylic acids is 1. The van der Waals surface area contributed by atoms with Crippen LogP contribution in [-0.4, -0.2) is 41.9 Å². The number of nitrogens with one attached hydrogen (secondary N) is 2. The van der Waals surface area contributed by atoms with Crippen LogP contribution in [0.2, 0.25) is 0 Å². The number of nitrogens with zero attached hydrogens (tertiary/aromatic N) is 2. The summed E-state index contributed by atoms with van der Waals surface area (Å²) in [7, 11) is 4.17. The minimum Gasteiger partial charge on any atom is -0.338 e. The smallest absolute Gasteiger partial charge is 0.338 e. The van der Waals surface area contributed by atoms with Gasteiger partial charge in [-0.2, -0.15) is 4.98 Å². The lowest BCUT2D eigenvalue weighted by molar-refractivity contribution is -0.859. The van der Waals surface area contributed by atoms with E-state index in [0.29, 0.717) is 6.54 Å². The molecule has 2 N–H and O–H groups in total. The summed E-state index contributed by atoms with van der Waals surface area (Å²) in [6.45, 7) is 3.68. The van der Waals surface area contributed by atoms with Crippen molar-refractivity contribution in [2.45, 2.75) is 50.6 Å². The molecule has 1 heterocycles. The average molecular weight is 416 g/mol. The van der Waals surface area contributed by atoms with Crippen LogP contribution >= 0.6 is 11.8 Å². The molecule has 7 heteroatoms. The minimum absolute atomic E-state index is 0.0778. The summed E-state index contributed by atoms with van der Waals surface area (Å²) >= 11 is 1.38. The number of aryl methyl sites for hydroxylation is 1. The van der Waals surface area contributed by atoms with Crippen LogP contribution in [-0.2, 0) is 30.6 Å². The zero-order valence-corrected chi connectivity index (χ0v) is 18.4. The molecule has 1 aromatic carbocycles. The first-order chi connectivity index (χ1) is 14.0. The molecular weight excluding hydrogens is 384 g/mol. The molecular formula is C22H31N4O2S+. The van der Waals surface area contributed by atoms with Gasteiger partial charge in [-0.05, 0) is 49.8 Å². The SMILES string of the molecule is CCc1ccc(NC(=O)CSc2nc(=O)n(CC[NH+](C)C)c3c2CCCC3)cc1. The lowest BCUT2D eigenvalue weighted by Crippen LogP contribution is -3.06. The van der Waals surface area contributed by atoms with E-state index in [9.17, 15) is 9.59 Å². The molecule has 0 saturated heterocycles. The second-order valence-corrected chi connectivity index (χ2v) is 8.79. The Kier molecular flexibility index (Phi) is 7.50. The number of fused-ring (bicyclic) bond motifs is 1. The van der Waals surface area contributed by atoms with Crippen molar-refractivity contribution in [3.05, 3.63) is 51.6 Å². The maximum absolute atomic E-state index is 12.6. The monoisotopic (exact) mass is 415 g/mol. The maximum Gasteiger partial charge on any atom is 0.349 e. The van der Waals surface area contributed by atoms with Crippen molar-refractivity contribution in [3.8, 4) is 0 Å². The number of carbonyl (C=O) groups is 1. The second kappa shape index (κ2) is 10.1. The summed E-state index contributed by atoms with van der Waals surface area (Å²) in [6, 6.07) is 7.90. The molecule has 3 rings (SSSR count). The van der Waals surface area contributed by atoms with E-state index in [1.54, 1.807) is 0 Å². The molecule has 29 heavy (non-hydrogen) atoms. The molecule has 0 radical (unpaired) electrons. The first-order valence-corrected chi connectivity index (χ1v) is 11.4. The zero-order valence-electron chi connectivity index (χ0n) is 17.6. The van der Waals surface area contributed by atoms with Crippen LogP contribution in [0.3, 0.4) is 0 Å². The summed E-state index contributed by atoms with van der Waals surface area (Å²) < 4.78 is 1.85. The molecule has 0 unspecified atom stereocenters. The molecule has 0 saturated carbocycles. The highest BCUT2D eigenvalue weighted by Crippen LogP contribution is 2.28. The molecule has 0 aliphatic heterocycles. The number of quaternary nitrogens is 1. The molecule has 0 fully saturated rings. The number of anilines is 1. The summed E-state index contributed by atoms with van der Waals surface area (Å²) in [4.78, 5) is 30.7. The van der Waals surface area contributed by atoms with Crippen LogP contribution < -0.4 is 15.9 Å². The number of hydrogen-bond acceptors (Lipinski definition) is 4. The van der Waals surface area contributed by atoms with Crippen molar-refractivity contribution in [1.82, 2.24) is 9.55 Å². The number of hydrogen-bond donors (Lipinski definition) is 2. The van der Waals surface area contributed by atoms with E-state index in [1.807, 2.05) is 28.8 Å². The molecule has 1 aliphatic rings. The van der Waals surface area contributed by atoms with Gasteiger partial charge in [0, 0.05) is 16.9 Å². The third-order valence-corrected chi connectivity index (χ3v) is 6.29. The highest BCUT2D eigenvalue weighted by atomic mass is 32.2. The third kappa shape index (κ3) is 5.70. The van der Waals surface area contributed by atoms with Crippen LogP contribution in [0.4, 0.5) is 5.69 Å². The molecule has 0 spiro atoms. The molecule has 156 valence electrons. The van der Waals surface area contributed by atoms with E-state index in [1.165, 1.54) is 22.2 Å². The fourth-order valence-corrected chi connectivity index (χ4v) is 4.46. The topological polar surface area (TPSA) is 68.4 Å². The Hall–Kier alpha value is -2.12. The van der Waals surface area contributed by atoms with Gasteiger partial charge in [-0.3, -0.25) is 9.36 Å². The van der Waals surface area contributed by atoms with Gasteiger partial charge < -0.3 is 10.2 Å². The van der Waals surface area contributed by atoms with Crippen LogP contribution in [0.1, 0.15) is 36.6 Å². The van der Waals surface area contributed by atoms with Crippen molar-refractivity contribution in [3.63, 3.8) is 0 Å². The van der Waals surface area contributed by atoms with Gasteiger partial charge in [0.25, 0.3) is 0 Å². The fourth-order valence-electron chi connectivity index (χ4n) is 3.59. The summed E-state index contributed by atoms with van der Waals surface area (Å²) in [5.74, 6) is 0.172. The Labute approximate surface area is 176 Å². The largest absolute Gasteiger partial charge is 0.349 e. The van der Waals surface area contributed by atoms with E-state index >= 15 is 0 Å². The van der Waals surface area contributed by atoms with E-state index in [4.69, 9.17) is 0 Å². The minimum atomic E-state index is -0.190. The normalized spacial score (nSPS) is 13.4. The second-order valence-electron chi connectivity index (χ2n) is 7.83. The number of rotatable bonds is 8. The Morgan fingerprint density at radius 3 is 2.62 bits per heavy atom. The van der Waals surface area contributed by atoms with E-state index in [-0.39, 0.29) is 17.3 Å². The molecule has 1 aromatic heterocycles. The van der Waals surface area contributed by atoms with Crippen LogP contribution in [0.25, 0.3) is 0 Å². The number of likely N-dealkylation sites (N-methyl/N-ethyl adjacent to an activating group) is 1. The predicted molar refractivity (Wildman–Crippen MR) is 118 cm³/mol. The number of thioether (sulfide) groups is 1. The number of benzene rings is 1. The van der Waals surface area contributed by atoms with Crippen molar-refractivity contribution in [1.29, 1.82) is 0 Å². The Balaban J connectivity index is 1.70. The molecule has 6 nitrogen and oxygen atoms in total. The first-order valence-electron chi connectivity index (χ1n) is 10.4. The van der Waals surface area contributed by atoms with Gasteiger partial charge in [-0.1, -0.05) is 30.8 Å². The van der Waals surface area contributed by atoms with Crippen LogP contribution in [0.5, 0.6) is 0 Å². The van der Waals surface area contributed by atoms with Gasteiger partial charge in [0.2, 0.25) is 5.91 Å². The van der Waals surface area contributed by atoms with Crippen molar-refractivity contribution < 1.29 is 9.69 Å². The van der Waals surface area contributed by atoms with Gasteiger partial charge in [0.1, 0.15) is 5.03 Å². The molecule has 1 aliphatic carbocycles. The summed E-state index contributed by atoms with van der Waals surface area (Å²) in [6.07, 6.45) is 5.03. The van der Waals surface area contributed by atoms with Crippen molar-refractivity contribution >= 4 is 23.4 Å². The van der Waals surface area contributed by atoms with Gasteiger partial charge in [0.15, 0.2) is 0 Å². The standard InChI is InChI=1S/C22H30N4O2S/c1-4-16-9-11-17(12-10-16)23-20(27)15-29-21-18-7-5-6-8-19(18)26(22(28)24-21)14-13-25(2)3/h9-12H,4-8,13-15H2,1-3H3,(H,23,27)/p+1. The predicted octanol–water partition coefficient (Wildman–Crippen LogP) is 1.56. The Bertz CT molecular complexity index is 906. The highest BCUT2D eigenvalue weighted by molar-refractivity contribution is 8.00. The highest BCUT2D eigenvalue weighted by Gasteiger charge is 2.21. The Morgan fingerprint density at radius 2 is 1.93 bits per heavy atom. The Morgan fingerprint density at radius 1 is 1.21 bits per heavy atom. The van der Waals surface area contributed by atoms with Gasteiger partial charge in [-0.15, -0.1) is 0 Å². The quantitative estimate of drug-likeness (QED) is 0.507. The molecule has 0 atom stereocenters. The summed E-state index contributed by atoms with van der Waals surface area (Å²) in [5.41, 5.74) is 4.13. The zero-order chi connectivity index (χ0) is 20.8. The van der Waals surface area contributed by atoms with Crippen molar-refractivity contribution in [2.75, 3.05) is 31.7 Å². The van der Waals surface area contributed by atoms with Crippen LogP contribution in [0.15, 0.2) is 34.1 Å². The summed E-state index contributed by atoms with van der Waals surface area (Å²) in [5, 5.41) is 3.66. The molecule has 2 aromatic rings. The van der Waals surface area contributed by atoms with Crippen LogP contribution in [0, 0.1) is 0 Å². The fraction of sp³-hybridized carbons (Fsp3) is 0.500. The molecule has 0 bridgehead atoms. The average Bonchev–Trinajstić information content (AvgIpc) is 2.72. The number of aromatic nitrogens is 2. The van der Waals surface area contributed by atoms with Gasteiger partial charge in [0.05, 0.1) is 32.9 Å². The van der Waals surface area contributed by atoms with Gasteiger partial charge in [-0.25, -0.2) is 4.79 Å². The van der Waals surface area contributed by atoms with E-state index in [0.717, 1.165) is 60.6 Å². The first kappa shape index (κ1) is 21.6. The maximum atomic E-state index is 12.6. The van der Waals surface area contributed by atoms with Gasteiger partial charge >= 0.3 is 5.69 Å².